The lowest BCUT2D eigenvalue weighted by Gasteiger charge is -2.29. The Labute approximate surface area is 227 Å². The molecule has 0 atom stereocenters. The molecule has 1 aromatic heterocycles. The molecule has 1 N–H and O–H groups in total. The quantitative estimate of drug-likeness (QED) is 0.312. The highest BCUT2D eigenvalue weighted by molar-refractivity contribution is 6.10. The van der Waals surface area contributed by atoms with Crippen molar-refractivity contribution in [3.63, 3.8) is 0 Å². The van der Waals surface area contributed by atoms with E-state index in [1.165, 1.54) is 12.1 Å². The van der Waals surface area contributed by atoms with Crippen LogP contribution in [0, 0.1) is 11.7 Å². The van der Waals surface area contributed by atoms with E-state index in [-0.39, 0.29) is 5.56 Å². The number of nitrogens with one attached hydrogen (secondary N) is 1. The number of fused-ring (bicyclic) bond motifs is 1. The first-order chi connectivity index (χ1) is 18.9. The zero-order valence-corrected chi connectivity index (χ0v) is 22.4. The summed E-state index contributed by atoms with van der Waals surface area (Å²) in [5, 5.41) is 4.55. The molecular formula is C30H32FN5O3. The van der Waals surface area contributed by atoms with Gasteiger partial charge in [0.05, 0.1) is 13.2 Å². The largest absolute Gasteiger partial charge is 0.438 e. The van der Waals surface area contributed by atoms with E-state index in [4.69, 9.17) is 9.47 Å². The molecule has 8 nitrogen and oxygen atoms in total. The van der Waals surface area contributed by atoms with Gasteiger partial charge in [-0.3, -0.25) is 4.79 Å². The molecule has 1 saturated heterocycles. The number of ether oxygens (including phenoxy) is 2. The summed E-state index contributed by atoms with van der Waals surface area (Å²) in [6, 6.07) is 17.3. The van der Waals surface area contributed by atoms with Crippen molar-refractivity contribution < 1.29 is 18.7 Å². The standard InChI is InChI=1S/C30H32FN5O3/c1-20(2)19-35(3)30-32-11-10-28(34-30)39-27-9-8-26(24-6-4-5-7-25(24)27)33-29(37)21-16-22(31)18-23(17-21)36-12-14-38-15-13-36/h4-11,16-18,20H,12-15,19H2,1-3H3,(H,33,37). The predicted molar refractivity (Wildman–Crippen MR) is 152 cm³/mol. The summed E-state index contributed by atoms with van der Waals surface area (Å²) in [6.07, 6.45) is 1.68. The summed E-state index contributed by atoms with van der Waals surface area (Å²) in [7, 11) is 1.95. The maximum absolute atomic E-state index is 14.5. The van der Waals surface area contributed by atoms with Crippen molar-refractivity contribution in [3.8, 4) is 11.6 Å². The summed E-state index contributed by atoms with van der Waals surface area (Å²) < 4.78 is 26.0. The Morgan fingerprint density at radius 1 is 1.10 bits per heavy atom. The van der Waals surface area contributed by atoms with Crippen LogP contribution in [-0.4, -0.2) is 55.8 Å². The van der Waals surface area contributed by atoms with Gasteiger partial charge in [0.2, 0.25) is 11.8 Å². The number of rotatable bonds is 8. The van der Waals surface area contributed by atoms with Crippen LogP contribution in [0.5, 0.6) is 11.6 Å². The highest BCUT2D eigenvalue weighted by Gasteiger charge is 2.17. The summed E-state index contributed by atoms with van der Waals surface area (Å²) in [6.45, 7) is 7.55. The molecular weight excluding hydrogens is 497 g/mol. The molecule has 1 amide bonds. The maximum Gasteiger partial charge on any atom is 0.255 e. The Morgan fingerprint density at radius 2 is 1.87 bits per heavy atom. The number of carbonyl (C=O) groups is 1. The van der Waals surface area contributed by atoms with Gasteiger partial charge >= 0.3 is 0 Å². The van der Waals surface area contributed by atoms with Gasteiger partial charge in [-0.05, 0) is 36.2 Å². The van der Waals surface area contributed by atoms with Crippen molar-refractivity contribution in [1.82, 2.24) is 9.97 Å². The van der Waals surface area contributed by atoms with Gasteiger partial charge in [-0.15, -0.1) is 0 Å². The van der Waals surface area contributed by atoms with E-state index in [1.54, 1.807) is 30.5 Å². The second-order valence-electron chi connectivity index (χ2n) is 9.98. The summed E-state index contributed by atoms with van der Waals surface area (Å²) in [5.74, 6) is 1.22. The molecule has 39 heavy (non-hydrogen) atoms. The molecule has 2 heterocycles. The van der Waals surface area contributed by atoms with Crippen molar-refractivity contribution in [1.29, 1.82) is 0 Å². The first kappa shape index (κ1) is 26.4. The van der Waals surface area contributed by atoms with E-state index in [0.29, 0.717) is 61.2 Å². The van der Waals surface area contributed by atoms with Gasteiger partial charge in [0, 0.05) is 66.7 Å². The number of carbonyl (C=O) groups excluding carboxylic acids is 1. The number of anilines is 3. The lowest BCUT2D eigenvalue weighted by atomic mass is 10.1. The molecule has 0 unspecified atom stereocenters. The predicted octanol–water partition coefficient (Wildman–Crippen LogP) is 5.74. The highest BCUT2D eigenvalue weighted by atomic mass is 19.1. The lowest BCUT2D eigenvalue weighted by molar-refractivity contribution is 0.102. The van der Waals surface area contributed by atoms with Crippen molar-refractivity contribution in [2.45, 2.75) is 13.8 Å². The van der Waals surface area contributed by atoms with Crippen LogP contribution in [-0.2, 0) is 4.74 Å². The van der Waals surface area contributed by atoms with E-state index >= 15 is 0 Å². The van der Waals surface area contributed by atoms with E-state index in [2.05, 4.69) is 29.1 Å². The summed E-state index contributed by atoms with van der Waals surface area (Å²) in [4.78, 5) is 26.2. The van der Waals surface area contributed by atoms with E-state index in [1.807, 2.05) is 41.1 Å². The molecule has 202 valence electrons. The number of hydrogen-bond donors (Lipinski definition) is 1. The Balaban J connectivity index is 1.39. The molecule has 0 spiro atoms. The fourth-order valence-corrected chi connectivity index (χ4v) is 4.69. The van der Waals surface area contributed by atoms with Gasteiger partial charge < -0.3 is 24.6 Å². The molecule has 3 aromatic carbocycles. The second kappa shape index (κ2) is 11.7. The van der Waals surface area contributed by atoms with Crippen LogP contribution in [0.4, 0.5) is 21.7 Å². The maximum atomic E-state index is 14.5. The molecule has 1 aliphatic heterocycles. The Morgan fingerprint density at radius 3 is 2.64 bits per heavy atom. The van der Waals surface area contributed by atoms with E-state index in [9.17, 15) is 9.18 Å². The van der Waals surface area contributed by atoms with Crippen LogP contribution in [0.25, 0.3) is 10.8 Å². The number of morpholine rings is 1. The first-order valence-electron chi connectivity index (χ1n) is 13.1. The van der Waals surface area contributed by atoms with Crippen molar-refractivity contribution in [2.75, 3.05) is 55.0 Å². The second-order valence-corrected chi connectivity index (χ2v) is 9.98. The molecule has 1 fully saturated rings. The fraction of sp³-hybridized carbons (Fsp3) is 0.300. The molecule has 9 heteroatoms. The van der Waals surface area contributed by atoms with Crippen molar-refractivity contribution in [2.24, 2.45) is 5.92 Å². The number of aromatic nitrogens is 2. The third-order valence-corrected chi connectivity index (χ3v) is 6.47. The van der Waals surface area contributed by atoms with Crippen molar-refractivity contribution in [3.05, 3.63) is 78.2 Å². The summed E-state index contributed by atoms with van der Waals surface area (Å²) >= 11 is 0. The third-order valence-electron chi connectivity index (χ3n) is 6.47. The Hall–Kier alpha value is -4.24. The van der Waals surface area contributed by atoms with Gasteiger partial charge in [-0.1, -0.05) is 38.1 Å². The number of nitrogens with zero attached hydrogens (tertiary/aromatic N) is 4. The van der Waals surface area contributed by atoms with Gasteiger partial charge in [-0.25, -0.2) is 9.37 Å². The minimum absolute atomic E-state index is 0.250. The lowest BCUT2D eigenvalue weighted by Crippen LogP contribution is -2.36. The molecule has 5 rings (SSSR count). The van der Waals surface area contributed by atoms with Crippen LogP contribution >= 0.6 is 0 Å². The van der Waals surface area contributed by atoms with Gasteiger partial charge in [-0.2, -0.15) is 4.98 Å². The van der Waals surface area contributed by atoms with Crippen LogP contribution in [0.2, 0.25) is 0 Å². The third kappa shape index (κ3) is 6.26. The number of halogens is 1. The van der Waals surface area contributed by atoms with E-state index < -0.39 is 11.7 Å². The van der Waals surface area contributed by atoms with Crippen molar-refractivity contribution >= 4 is 34.0 Å². The number of hydrogen-bond acceptors (Lipinski definition) is 7. The summed E-state index contributed by atoms with van der Waals surface area (Å²) in [5.41, 5.74) is 1.51. The average molecular weight is 530 g/mol. The Bertz CT molecular complexity index is 1470. The minimum Gasteiger partial charge on any atom is -0.438 e. The smallest absolute Gasteiger partial charge is 0.255 e. The first-order valence-corrected chi connectivity index (χ1v) is 13.1. The zero-order chi connectivity index (χ0) is 27.4. The topological polar surface area (TPSA) is 79.8 Å². The van der Waals surface area contributed by atoms with E-state index in [0.717, 1.165) is 17.3 Å². The fourth-order valence-electron chi connectivity index (χ4n) is 4.69. The normalized spacial score (nSPS) is 13.5. The minimum atomic E-state index is -0.457. The molecule has 0 radical (unpaired) electrons. The van der Waals surface area contributed by atoms with Gasteiger partial charge in [0.25, 0.3) is 5.91 Å². The van der Waals surface area contributed by atoms with Crippen LogP contribution in [0.1, 0.15) is 24.2 Å². The highest BCUT2D eigenvalue weighted by Crippen LogP contribution is 2.34. The SMILES string of the molecule is CC(C)CN(C)c1nccc(Oc2ccc(NC(=O)c3cc(F)cc(N4CCOCC4)c3)c3ccccc23)n1. The molecule has 4 aromatic rings. The molecule has 0 bridgehead atoms. The number of amides is 1. The zero-order valence-electron chi connectivity index (χ0n) is 22.4. The molecule has 0 saturated carbocycles. The van der Waals surface area contributed by atoms with Crippen LogP contribution in [0.3, 0.4) is 0 Å². The Kier molecular flexibility index (Phi) is 7.88. The number of benzene rings is 3. The van der Waals surface area contributed by atoms with Crippen LogP contribution < -0.4 is 19.9 Å². The van der Waals surface area contributed by atoms with Crippen LogP contribution in [0.15, 0.2) is 66.9 Å². The molecule has 1 aliphatic rings. The van der Waals surface area contributed by atoms with Gasteiger partial charge in [0.1, 0.15) is 11.6 Å². The monoisotopic (exact) mass is 529 g/mol. The average Bonchev–Trinajstić information content (AvgIpc) is 2.94. The van der Waals surface area contributed by atoms with Gasteiger partial charge in [0.15, 0.2) is 0 Å². The molecule has 0 aliphatic carbocycles.